The lowest BCUT2D eigenvalue weighted by atomic mass is 9.87. The molecule has 1 aliphatic heterocycles. The number of rotatable bonds is 3. The molecule has 3 atom stereocenters. The molecule has 2 aliphatic rings. The van der Waals surface area contributed by atoms with Crippen molar-refractivity contribution in [3.8, 4) is 0 Å². The highest BCUT2D eigenvalue weighted by Gasteiger charge is 2.40. The Labute approximate surface area is 124 Å². The molecule has 4 nitrogen and oxygen atoms in total. The van der Waals surface area contributed by atoms with E-state index >= 15 is 0 Å². The molecule has 1 aromatic rings. The molecule has 2 fully saturated rings. The Morgan fingerprint density at radius 1 is 1.14 bits per heavy atom. The van der Waals surface area contributed by atoms with Gasteiger partial charge in [0.25, 0.3) is 0 Å². The minimum absolute atomic E-state index is 0.0751. The van der Waals surface area contributed by atoms with Crippen LogP contribution in [0.3, 0.4) is 0 Å². The summed E-state index contributed by atoms with van der Waals surface area (Å²) in [5.41, 5.74) is 0.919. The van der Waals surface area contributed by atoms with Crippen molar-refractivity contribution in [2.75, 3.05) is 6.54 Å². The number of carbonyl (C=O) groups excluding carboxylic acids is 2. The monoisotopic (exact) mass is 287 g/mol. The van der Waals surface area contributed by atoms with Crippen molar-refractivity contribution in [2.45, 2.75) is 44.1 Å². The number of aliphatic hydroxyl groups is 1. The lowest BCUT2D eigenvalue weighted by molar-refractivity contribution is -0.139. The number of hydrogen-bond acceptors (Lipinski definition) is 3. The van der Waals surface area contributed by atoms with Crippen LogP contribution in [-0.4, -0.2) is 34.5 Å². The topological polar surface area (TPSA) is 57.6 Å². The predicted octanol–water partition coefficient (Wildman–Crippen LogP) is 2.08. The second kappa shape index (κ2) is 5.98. The van der Waals surface area contributed by atoms with E-state index in [0.29, 0.717) is 13.0 Å². The average molecular weight is 287 g/mol. The first-order valence-corrected chi connectivity index (χ1v) is 7.72. The molecule has 1 saturated carbocycles. The summed E-state index contributed by atoms with van der Waals surface area (Å²) in [6.45, 7) is 0.470. The van der Waals surface area contributed by atoms with Crippen LogP contribution in [0.25, 0.3) is 0 Å². The molecular weight excluding hydrogens is 266 g/mol. The number of imide groups is 1. The van der Waals surface area contributed by atoms with E-state index < -0.39 is 0 Å². The second-order valence-corrected chi connectivity index (χ2v) is 6.20. The summed E-state index contributed by atoms with van der Waals surface area (Å²) in [4.78, 5) is 26.1. The lowest BCUT2D eigenvalue weighted by Gasteiger charge is -2.28. The zero-order valence-electron chi connectivity index (χ0n) is 12.1. The van der Waals surface area contributed by atoms with Crippen molar-refractivity contribution in [2.24, 2.45) is 5.92 Å². The first kappa shape index (κ1) is 14.3. The molecule has 0 radical (unpaired) electrons. The number of likely N-dealkylation sites (tertiary alicyclic amines) is 1. The fourth-order valence-electron chi connectivity index (χ4n) is 3.51. The zero-order chi connectivity index (χ0) is 14.8. The van der Waals surface area contributed by atoms with Crippen LogP contribution < -0.4 is 0 Å². The van der Waals surface area contributed by atoms with Crippen LogP contribution >= 0.6 is 0 Å². The first-order chi connectivity index (χ1) is 10.1. The van der Waals surface area contributed by atoms with Crippen molar-refractivity contribution in [1.82, 2.24) is 4.90 Å². The van der Waals surface area contributed by atoms with Gasteiger partial charge in [0.2, 0.25) is 11.8 Å². The molecule has 0 aromatic heterocycles. The van der Waals surface area contributed by atoms with Gasteiger partial charge >= 0.3 is 0 Å². The van der Waals surface area contributed by atoms with E-state index in [9.17, 15) is 14.7 Å². The molecule has 0 bridgehead atoms. The number of carbonyl (C=O) groups is 2. The molecule has 1 N–H and O–H groups in total. The maximum absolute atomic E-state index is 12.5. The summed E-state index contributed by atoms with van der Waals surface area (Å²) in [5, 5.41) is 9.73. The van der Waals surface area contributed by atoms with Gasteiger partial charge in [-0.1, -0.05) is 36.8 Å². The molecule has 0 spiro atoms. The second-order valence-electron chi connectivity index (χ2n) is 6.20. The Morgan fingerprint density at radius 2 is 1.90 bits per heavy atom. The Balaban J connectivity index is 1.69. The van der Waals surface area contributed by atoms with E-state index in [1.807, 2.05) is 30.3 Å². The molecule has 1 heterocycles. The van der Waals surface area contributed by atoms with Crippen molar-refractivity contribution in [1.29, 1.82) is 0 Å². The molecule has 2 amide bonds. The Morgan fingerprint density at radius 3 is 2.62 bits per heavy atom. The first-order valence-electron chi connectivity index (χ1n) is 7.72. The fraction of sp³-hybridized carbons (Fsp3) is 0.529. The van der Waals surface area contributed by atoms with Crippen molar-refractivity contribution in [3.63, 3.8) is 0 Å². The molecule has 4 heteroatoms. The molecule has 1 saturated heterocycles. The van der Waals surface area contributed by atoms with E-state index in [1.165, 1.54) is 4.90 Å². The van der Waals surface area contributed by atoms with Crippen LogP contribution in [0.2, 0.25) is 0 Å². The van der Waals surface area contributed by atoms with E-state index in [1.54, 1.807) is 0 Å². The van der Waals surface area contributed by atoms with Gasteiger partial charge in [0, 0.05) is 13.0 Å². The van der Waals surface area contributed by atoms with Crippen molar-refractivity contribution in [3.05, 3.63) is 35.9 Å². The SMILES string of the molecule is O=C1CC(c2ccccc2)C(=O)N1CC1CCCC(O)C1. The summed E-state index contributed by atoms with van der Waals surface area (Å²) >= 11 is 0. The van der Waals surface area contributed by atoms with Gasteiger partial charge in [-0.05, 0) is 30.7 Å². The fourth-order valence-corrected chi connectivity index (χ4v) is 3.51. The minimum Gasteiger partial charge on any atom is -0.393 e. The summed E-state index contributed by atoms with van der Waals surface area (Å²) in [6.07, 6.45) is 3.51. The van der Waals surface area contributed by atoms with Crippen LogP contribution in [0, 0.1) is 5.92 Å². The lowest BCUT2D eigenvalue weighted by Crippen LogP contribution is -2.37. The molecule has 112 valence electrons. The number of aliphatic hydroxyl groups excluding tert-OH is 1. The van der Waals surface area contributed by atoms with Gasteiger partial charge in [0.15, 0.2) is 0 Å². The van der Waals surface area contributed by atoms with Crippen molar-refractivity contribution >= 4 is 11.8 Å². The molecule has 3 unspecified atom stereocenters. The quantitative estimate of drug-likeness (QED) is 0.866. The minimum atomic E-state index is -0.327. The average Bonchev–Trinajstić information content (AvgIpc) is 2.76. The third kappa shape index (κ3) is 3.00. The third-order valence-electron chi connectivity index (χ3n) is 4.64. The van der Waals surface area contributed by atoms with Crippen LogP contribution in [0.15, 0.2) is 30.3 Å². The predicted molar refractivity (Wildman–Crippen MR) is 78.5 cm³/mol. The van der Waals surface area contributed by atoms with Crippen LogP contribution in [0.5, 0.6) is 0 Å². The molecule has 1 aromatic carbocycles. The van der Waals surface area contributed by atoms with Gasteiger partial charge in [0.1, 0.15) is 0 Å². The van der Waals surface area contributed by atoms with Crippen LogP contribution in [-0.2, 0) is 9.59 Å². The summed E-state index contributed by atoms with van der Waals surface area (Å²) < 4.78 is 0. The highest BCUT2D eigenvalue weighted by molar-refractivity contribution is 6.06. The molecule has 21 heavy (non-hydrogen) atoms. The van der Waals surface area contributed by atoms with Gasteiger partial charge in [-0.3, -0.25) is 14.5 Å². The maximum Gasteiger partial charge on any atom is 0.237 e. The van der Waals surface area contributed by atoms with Gasteiger partial charge < -0.3 is 5.11 Å². The van der Waals surface area contributed by atoms with Crippen LogP contribution in [0.1, 0.15) is 43.6 Å². The zero-order valence-corrected chi connectivity index (χ0v) is 12.1. The Hall–Kier alpha value is -1.68. The van der Waals surface area contributed by atoms with Gasteiger partial charge in [-0.25, -0.2) is 0 Å². The van der Waals surface area contributed by atoms with Crippen molar-refractivity contribution < 1.29 is 14.7 Å². The number of hydrogen-bond donors (Lipinski definition) is 1. The molecule has 3 rings (SSSR count). The molecular formula is C17H21NO3. The summed E-state index contributed by atoms with van der Waals surface area (Å²) in [7, 11) is 0. The van der Waals surface area contributed by atoms with Crippen LogP contribution in [0.4, 0.5) is 0 Å². The highest BCUT2D eigenvalue weighted by Crippen LogP contribution is 2.32. The van der Waals surface area contributed by atoms with E-state index in [2.05, 4.69) is 0 Å². The molecule has 1 aliphatic carbocycles. The standard InChI is InChI=1S/C17H21NO3/c19-14-8-4-5-12(9-14)11-18-16(20)10-15(17(18)21)13-6-2-1-3-7-13/h1-3,6-7,12,14-15,19H,4-5,8-11H2. The highest BCUT2D eigenvalue weighted by atomic mass is 16.3. The normalized spacial score (nSPS) is 30.0. The Kier molecular flexibility index (Phi) is 4.06. The number of amides is 2. The van der Waals surface area contributed by atoms with Gasteiger partial charge in [-0.15, -0.1) is 0 Å². The number of nitrogens with zero attached hydrogens (tertiary/aromatic N) is 1. The maximum atomic E-state index is 12.5. The van der Waals surface area contributed by atoms with Gasteiger partial charge in [0.05, 0.1) is 12.0 Å². The number of benzene rings is 1. The summed E-state index contributed by atoms with van der Waals surface area (Å²) in [6, 6.07) is 9.51. The van der Waals surface area contributed by atoms with Gasteiger partial charge in [-0.2, -0.15) is 0 Å². The van der Waals surface area contributed by atoms with E-state index in [-0.39, 0.29) is 36.2 Å². The largest absolute Gasteiger partial charge is 0.393 e. The smallest absolute Gasteiger partial charge is 0.237 e. The van der Waals surface area contributed by atoms with E-state index in [4.69, 9.17) is 0 Å². The Bertz CT molecular complexity index is 528. The summed E-state index contributed by atoms with van der Waals surface area (Å²) in [5.74, 6) is -0.233. The van der Waals surface area contributed by atoms with E-state index in [0.717, 1.165) is 24.8 Å². The third-order valence-corrected chi connectivity index (χ3v) is 4.64.